The van der Waals surface area contributed by atoms with Crippen molar-refractivity contribution >= 4 is 5.69 Å². The van der Waals surface area contributed by atoms with Crippen LogP contribution in [0.2, 0.25) is 0 Å². The van der Waals surface area contributed by atoms with Crippen molar-refractivity contribution in [2.45, 2.75) is 195 Å². The van der Waals surface area contributed by atoms with E-state index in [1.807, 2.05) is 53.7 Å². The molecule has 0 radical (unpaired) electrons. The Hall–Kier alpha value is -1.42. The Morgan fingerprint density at radius 3 is 1.05 bits per heavy atom. The molecule has 0 spiro atoms. The molecule has 1 saturated carbocycles. The van der Waals surface area contributed by atoms with Crippen LogP contribution >= 0.6 is 0 Å². The SMILES string of the molecule is C.C.C1CCCCC1.CC.CC.CC.CC(C)(C)N(Cc1ccc([N+](=O)[O-])cc1)C(C)(C)C.CCC.CCC. The number of hydrogen-bond acceptors (Lipinski definition) is 3. The minimum Gasteiger partial charge on any atom is -0.289 e. The van der Waals surface area contributed by atoms with Gasteiger partial charge >= 0.3 is 0 Å². The third-order valence-electron chi connectivity index (χ3n) is 4.61. The molecule has 1 aliphatic carbocycles. The highest BCUT2D eigenvalue weighted by Crippen LogP contribution is 2.27. The smallest absolute Gasteiger partial charge is 0.269 e. The van der Waals surface area contributed by atoms with Crippen LogP contribution in [0.15, 0.2) is 24.3 Å². The molecule has 1 aliphatic rings. The predicted octanol–water partition coefficient (Wildman–Crippen LogP) is 13.5. The van der Waals surface area contributed by atoms with Crippen molar-refractivity contribution in [2.24, 2.45) is 0 Å². The van der Waals surface area contributed by atoms with Crippen molar-refractivity contribution in [2.75, 3.05) is 0 Å². The summed E-state index contributed by atoms with van der Waals surface area (Å²) in [6.45, 7) is 34.4. The van der Waals surface area contributed by atoms with Crippen LogP contribution in [0.4, 0.5) is 5.69 Å². The first-order valence-electron chi connectivity index (χ1n) is 15.4. The first kappa shape index (κ1) is 53.8. The second kappa shape index (κ2) is 36.6. The predicted molar refractivity (Wildman–Crippen MR) is 185 cm³/mol. The molecule has 0 unspecified atom stereocenters. The van der Waals surface area contributed by atoms with Crippen LogP contribution in [-0.4, -0.2) is 20.9 Å². The number of rotatable bonds is 3. The summed E-state index contributed by atoms with van der Waals surface area (Å²) in [5.41, 5.74) is 1.32. The molecule has 4 nitrogen and oxygen atoms in total. The van der Waals surface area contributed by atoms with Crippen LogP contribution in [0.5, 0.6) is 0 Å². The third-order valence-corrected chi connectivity index (χ3v) is 4.61. The Morgan fingerprint density at radius 1 is 0.641 bits per heavy atom. The summed E-state index contributed by atoms with van der Waals surface area (Å²) in [6.07, 6.45) is 11.5. The topological polar surface area (TPSA) is 46.4 Å². The van der Waals surface area contributed by atoms with Crippen LogP contribution < -0.4 is 0 Å². The lowest BCUT2D eigenvalue weighted by molar-refractivity contribution is -0.384. The third kappa shape index (κ3) is 36.6. The van der Waals surface area contributed by atoms with Gasteiger partial charge in [-0.2, -0.15) is 0 Å². The number of hydrogen-bond donors (Lipinski definition) is 0. The summed E-state index contributed by atoms with van der Waals surface area (Å²) in [7, 11) is 0. The lowest BCUT2D eigenvalue weighted by Crippen LogP contribution is -2.51. The first-order chi connectivity index (χ1) is 17.3. The Bertz CT molecular complexity index is 524. The molecule has 0 aliphatic heterocycles. The van der Waals surface area contributed by atoms with Gasteiger partial charge in [0.25, 0.3) is 5.69 Å². The van der Waals surface area contributed by atoms with Gasteiger partial charge in [-0.15, -0.1) is 0 Å². The molecule has 39 heavy (non-hydrogen) atoms. The first-order valence-corrected chi connectivity index (χ1v) is 15.4. The van der Waals surface area contributed by atoms with Crippen molar-refractivity contribution < 1.29 is 4.92 Å². The maximum Gasteiger partial charge on any atom is 0.269 e. The van der Waals surface area contributed by atoms with E-state index in [1.54, 1.807) is 12.1 Å². The zero-order valence-electron chi connectivity index (χ0n) is 28.4. The fourth-order valence-electron chi connectivity index (χ4n) is 3.45. The van der Waals surface area contributed by atoms with Gasteiger partial charge in [-0.1, -0.05) is 148 Å². The Labute approximate surface area is 249 Å². The molecule has 0 atom stereocenters. The van der Waals surface area contributed by atoms with Gasteiger partial charge in [-0.05, 0) is 47.1 Å². The fourth-order valence-corrected chi connectivity index (χ4v) is 3.45. The molecule has 0 aromatic heterocycles. The van der Waals surface area contributed by atoms with Crippen LogP contribution in [0.3, 0.4) is 0 Å². The molecule has 1 aromatic carbocycles. The van der Waals surface area contributed by atoms with Crippen molar-refractivity contribution in [1.82, 2.24) is 4.90 Å². The second-order valence-corrected chi connectivity index (χ2v) is 10.4. The van der Waals surface area contributed by atoms with Crippen LogP contribution in [0.1, 0.15) is 183 Å². The molecule has 0 saturated heterocycles. The zero-order valence-corrected chi connectivity index (χ0v) is 28.4. The van der Waals surface area contributed by atoms with Crippen molar-refractivity contribution in [3.05, 3.63) is 39.9 Å². The Balaban J connectivity index is -0.0000000847. The van der Waals surface area contributed by atoms with Crippen LogP contribution in [0.25, 0.3) is 0 Å². The molecule has 0 bridgehead atoms. The average Bonchev–Trinajstić information content (AvgIpc) is 2.87. The molecule has 2 rings (SSSR count). The zero-order chi connectivity index (χ0) is 30.5. The highest BCUT2D eigenvalue weighted by molar-refractivity contribution is 5.33. The summed E-state index contributed by atoms with van der Waals surface area (Å²) >= 11 is 0. The number of nitro groups is 1. The largest absolute Gasteiger partial charge is 0.289 e. The lowest BCUT2D eigenvalue weighted by atomic mass is 9.95. The van der Waals surface area contributed by atoms with E-state index in [0.717, 1.165) is 12.1 Å². The van der Waals surface area contributed by atoms with Gasteiger partial charge in [-0.25, -0.2) is 0 Å². The van der Waals surface area contributed by atoms with E-state index in [0.29, 0.717) is 0 Å². The molecule has 1 aromatic rings. The number of nitrogens with zero attached hydrogens (tertiary/aromatic N) is 2. The molecular weight excluding hydrogens is 480 g/mol. The van der Waals surface area contributed by atoms with Gasteiger partial charge in [0.05, 0.1) is 4.92 Å². The van der Waals surface area contributed by atoms with E-state index >= 15 is 0 Å². The second-order valence-electron chi connectivity index (χ2n) is 10.4. The molecule has 0 amide bonds. The van der Waals surface area contributed by atoms with E-state index < -0.39 is 0 Å². The molecule has 4 heteroatoms. The van der Waals surface area contributed by atoms with Gasteiger partial charge in [0.1, 0.15) is 0 Å². The van der Waals surface area contributed by atoms with Crippen molar-refractivity contribution in [1.29, 1.82) is 0 Å². The Kier molecular flexibility index (Phi) is 50.4. The minimum atomic E-state index is -0.366. The minimum absolute atomic E-state index is 0. The van der Waals surface area contributed by atoms with Crippen molar-refractivity contribution in [3.63, 3.8) is 0 Å². The Morgan fingerprint density at radius 2 is 0.872 bits per heavy atom. The van der Waals surface area contributed by atoms with Gasteiger partial charge in [0.2, 0.25) is 0 Å². The van der Waals surface area contributed by atoms with Crippen molar-refractivity contribution in [3.8, 4) is 0 Å². The molecule has 0 N–H and O–H groups in total. The van der Waals surface area contributed by atoms with E-state index in [4.69, 9.17) is 0 Å². The normalized spacial score (nSPS) is 11.3. The number of nitro benzene ring substituents is 1. The summed E-state index contributed by atoms with van der Waals surface area (Å²) in [5.74, 6) is 0. The van der Waals surface area contributed by atoms with Gasteiger partial charge in [0.15, 0.2) is 0 Å². The fraction of sp³-hybridized carbons (Fsp3) is 0.829. The maximum absolute atomic E-state index is 10.6. The maximum atomic E-state index is 10.6. The van der Waals surface area contributed by atoms with E-state index in [2.05, 4.69) is 74.1 Å². The van der Waals surface area contributed by atoms with E-state index in [1.165, 1.54) is 51.4 Å². The molecule has 1 fully saturated rings. The van der Waals surface area contributed by atoms with E-state index in [9.17, 15) is 10.1 Å². The highest BCUT2D eigenvalue weighted by atomic mass is 16.6. The standard InChI is InChI=1S/C15H24N2O2.C6H12.2C3H8.3C2H6.2CH4/c1-14(2,3)16(15(4,5)6)11-12-7-9-13(10-8-12)17(18)19;1-2-4-6-5-3-1;2*1-3-2;3*1-2;;/h7-10H,11H2,1-6H3;1-6H2;2*3H2,1-2H3;3*1-2H3;2*1H4. The summed E-state index contributed by atoms with van der Waals surface area (Å²) < 4.78 is 0. The highest BCUT2D eigenvalue weighted by Gasteiger charge is 2.31. The number of non-ortho nitro benzene ring substituents is 1. The monoisotopic (exact) mass is 559 g/mol. The van der Waals surface area contributed by atoms with Crippen LogP contribution in [0, 0.1) is 10.1 Å². The van der Waals surface area contributed by atoms with E-state index in [-0.39, 0.29) is 36.5 Å². The molecular formula is C35H78N2O2. The summed E-state index contributed by atoms with van der Waals surface area (Å²) in [6, 6.07) is 6.81. The van der Waals surface area contributed by atoms with Gasteiger partial charge in [0, 0.05) is 29.8 Å². The number of benzene rings is 1. The quantitative estimate of drug-likeness (QED) is 0.274. The van der Waals surface area contributed by atoms with Gasteiger partial charge < -0.3 is 0 Å². The summed E-state index contributed by atoms with van der Waals surface area (Å²) in [5, 5.41) is 10.6. The van der Waals surface area contributed by atoms with Gasteiger partial charge in [-0.3, -0.25) is 15.0 Å². The molecule has 0 heterocycles. The average molecular weight is 559 g/mol. The summed E-state index contributed by atoms with van der Waals surface area (Å²) in [4.78, 5) is 12.7. The molecule has 240 valence electrons. The van der Waals surface area contributed by atoms with Crippen LogP contribution in [-0.2, 0) is 6.54 Å². The lowest BCUT2D eigenvalue weighted by Gasteiger charge is -2.45.